The number of thiocarbonyl (C=S) groups is 1. The van der Waals surface area contributed by atoms with Crippen molar-refractivity contribution in [2.24, 2.45) is 5.73 Å². The summed E-state index contributed by atoms with van der Waals surface area (Å²) < 4.78 is 0. The number of nitrogens with one attached hydrogen (secondary N) is 1. The standard InChI is InChI=1S/C6H15N3S/c1-5(4-9(2)3)8-6(7)10/h5H,4H2,1-3H3,(H3,7,8,10). The summed E-state index contributed by atoms with van der Waals surface area (Å²) in [6.07, 6.45) is 0. The van der Waals surface area contributed by atoms with Gasteiger partial charge < -0.3 is 16.0 Å². The van der Waals surface area contributed by atoms with Gasteiger partial charge in [0, 0.05) is 12.6 Å². The molecule has 0 aliphatic carbocycles. The van der Waals surface area contributed by atoms with Crippen LogP contribution in [-0.2, 0) is 0 Å². The number of rotatable bonds is 3. The number of likely N-dealkylation sites (N-methyl/N-ethyl adjacent to an activating group) is 1. The predicted octanol–water partition coefficient (Wildman–Crippen LogP) is -0.230. The van der Waals surface area contributed by atoms with Gasteiger partial charge in [-0.15, -0.1) is 0 Å². The first-order valence-corrected chi connectivity index (χ1v) is 3.64. The summed E-state index contributed by atoms with van der Waals surface area (Å²) in [4.78, 5) is 2.08. The van der Waals surface area contributed by atoms with Gasteiger partial charge in [0.25, 0.3) is 0 Å². The summed E-state index contributed by atoms with van der Waals surface area (Å²) in [7, 11) is 4.02. The molecule has 60 valence electrons. The van der Waals surface area contributed by atoms with Gasteiger partial charge in [-0.25, -0.2) is 0 Å². The summed E-state index contributed by atoms with van der Waals surface area (Å²) in [6, 6.07) is 0.326. The molecule has 1 unspecified atom stereocenters. The molecular weight excluding hydrogens is 146 g/mol. The van der Waals surface area contributed by atoms with Crippen LogP contribution < -0.4 is 11.1 Å². The average molecular weight is 161 g/mol. The minimum absolute atomic E-state index is 0.326. The maximum absolute atomic E-state index is 5.27. The number of hydrogen-bond donors (Lipinski definition) is 2. The van der Waals surface area contributed by atoms with E-state index in [1.165, 1.54) is 0 Å². The Labute approximate surface area is 67.6 Å². The molecule has 10 heavy (non-hydrogen) atoms. The first kappa shape index (κ1) is 9.65. The molecule has 0 aliphatic heterocycles. The highest BCUT2D eigenvalue weighted by atomic mass is 32.1. The molecule has 0 heterocycles. The first-order valence-electron chi connectivity index (χ1n) is 3.23. The predicted molar refractivity (Wildman–Crippen MR) is 47.9 cm³/mol. The summed E-state index contributed by atoms with van der Waals surface area (Å²) >= 11 is 4.67. The Hall–Kier alpha value is -0.350. The summed E-state index contributed by atoms with van der Waals surface area (Å²) in [5.41, 5.74) is 5.27. The van der Waals surface area contributed by atoms with Gasteiger partial charge in [-0.1, -0.05) is 0 Å². The third-order valence-electron chi connectivity index (χ3n) is 1.03. The quantitative estimate of drug-likeness (QED) is 0.561. The Morgan fingerprint density at radius 3 is 2.50 bits per heavy atom. The lowest BCUT2D eigenvalue weighted by atomic mass is 10.3. The van der Waals surface area contributed by atoms with Crippen LogP contribution in [0.1, 0.15) is 6.92 Å². The molecule has 0 saturated carbocycles. The SMILES string of the molecule is CC(CN(C)C)NC(N)=S. The van der Waals surface area contributed by atoms with Crippen molar-refractivity contribution in [3.05, 3.63) is 0 Å². The lowest BCUT2D eigenvalue weighted by Crippen LogP contribution is -2.42. The van der Waals surface area contributed by atoms with Gasteiger partial charge in [0.05, 0.1) is 0 Å². The van der Waals surface area contributed by atoms with Crippen molar-refractivity contribution >= 4 is 17.3 Å². The molecule has 0 bridgehead atoms. The number of hydrogen-bond acceptors (Lipinski definition) is 2. The van der Waals surface area contributed by atoms with Crippen LogP contribution in [0.4, 0.5) is 0 Å². The Morgan fingerprint density at radius 2 is 2.20 bits per heavy atom. The van der Waals surface area contributed by atoms with Crippen molar-refractivity contribution in [1.29, 1.82) is 0 Å². The van der Waals surface area contributed by atoms with Crippen LogP contribution in [0.5, 0.6) is 0 Å². The van der Waals surface area contributed by atoms with E-state index in [2.05, 4.69) is 22.4 Å². The maximum Gasteiger partial charge on any atom is 0.163 e. The van der Waals surface area contributed by atoms with Crippen LogP contribution in [0.2, 0.25) is 0 Å². The summed E-state index contributed by atoms with van der Waals surface area (Å²) in [6.45, 7) is 2.98. The summed E-state index contributed by atoms with van der Waals surface area (Å²) in [5, 5.41) is 3.31. The topological polar surface area (TPSA) is 41.3 Å². The molecule has 1 atom stereocenters. The summed E-state index contributed by atoms with van der Waals surface area (Å²) in [5.74, 6) is 0. The van der Waals surface area contributed by atoms with Crippen LogP contribution >= 0.6 is 12.2 Å². The van der Waals surface area contributed by atoms with Crippen LogP contribution in [0.3, 0.4) is 0 Å². The van der Waals surface area contributed by atoms with E-state index in [0.29, 0.717) is 11.2 Å². The average Bonchev–Trinajstić information content (AvgIpc) is 1.58. The maximum atomic E-state index is 5.27. The Balaban J connectivity index is 3.43. The molecule has 0 saturated heterocycles. The fraction of sp³-hybridized carbons (Fsp3) is 0.833. The second kappa shape index (κ2) is 4.46. The normalized spacial score (nSPS) is 13.2. The fourth-order valence-electron chi connectivity index (χ4n) is 0.836. The van der Waals surface area contributed by atoms with Crippen molar-refractivity contribution < 1.29 is 0 Å². The van der Waals surface area contributed by atoms with E-state index in [0.717, 1.165) is 6.54 Å². The number of nitrogens with zero attached hydrogens (tertiary/aromatic N) is 1. The van der Waals surface area contributed by atoms with Gasteiger partial charge in [-0.3, -0.25) is 0 Å². The van der Waals surface area contributed by atoms with Crippen LogP contribution in [0.15, 0.2) is 0 Å². The van der Waals surface area contributed by atoms with Crippen molar-refractivity contribution in [3.63, 3.8) is 0 Å². The van der Waals surface area contributed by atoms with Gasteiger partial charge in [-0.2, -0.15) is 0 Å². The minimum atomic E-state index is 0.326. The highest BCUT2D eigenvalue weighted by molar-refractivity contribution is 7.80. The van der Waals surface area contributed by atoms with Crippen LogP contribution in [-0.4, -0.2) is 36.7 Å². The van der Waals surface area contributed by atoms with Gasteiger partial charge >= 0.3 is 0 Å². The van der Waals surface area contributed by atoms with Crippen molar-refractivity contribution in [1.82, 2.24) is 10.2 Å². The monoisotopic (exact) mass is 161 g/mol. The lowest BCUT2D eigenvalue weighted by molar-refractivity contribution is 0.370. The minimum Gasteiger partial charge on any atom is -0.376 e. The Morgan fingerprint density at radius 1 is 1.70 bits per heavy atom. The van der Waals surface area contributed by atoms with Crippen molar-refractivity contribution in [2.45, 2.75) is 13.0 Å². The van der Waals surface area contributed by atoms with Gasteiger partial charge in [0.1, 0.15) is 0 Å². The zero-order chi connectivity index (χ0) is 8.15. The van der Waals surface area contributed by atoms with E-state index in [9.17, 15) is 0 Å². The van der Waals surface area contributed by atoms with E-state index >= 15 is 0 Å². The third kappa shape index (κ3) is 5.78. The molecule has 0 aromatic heterocycles. The molecule has 0 aliphatic rings. The molecule has 3 nitrogen and oxygen atoms in total. The molecule has 0 rings (SSSR count). The molecule has 0 spiro atoms. The zero-order valence-corrected chi connectivity index (χ0v) is 7.53. The molecule has 0 aromatic carbocycles. The Kier molecular flexibility index (Phi) is 4.31. The van der Waals surface area contributed by atoms with E-state index in [4.69, 9.17) is 5.73 Å². The van der Waals surface area contributed by atoms with Gasteiger partial charge in [0.2, 0.25) is 0 Å². The fourth-order valence-corrected chi connectivity index (χ4v) is 1.04. The van der Waals surface area contributed by atoms with Gasteiger partial charge in [0.15, 0.2) is 5.11 Å². The highest BCUT2D eigenvalue weighted by Crippen LogP contribution is 1.83. The van der Waals surface area contributed by atoms with E-state index in [-0.39, 0.29) is 0 Å². The van der Waals surface area contributed by atoms with E-state index in [1.807, 2.05) is 21.0 Å². The molecular formula is C6H15N3S. The smallest absolute Gasteiger partial charge is 0.163 e. The van der Waals surface area contributed by atoms with Crippen LogP contribution in [0, 0.1) is 0 Å². The zero-order valence-electron chi connectivity index (χ0n) is 6.72. The van der Waals surface area contributed by atoms with Gasteiger partial charge in [-0.05, 0) is 33.2 Å². The molecule has 0 aromatic rings. The molecule has 3 N–H and O–H groups in total. The lowest BCUT2D eigenvalue weighted by Gasteiger charge is -2.17. The molecule has 0 fully saturated rings. The van der Waals surface area contributed by atoms with E-state index < -0.39 is 0 Å². The largest absolute Gasteiger partial charge is 0.376 e. The van der Waals surface area contributed by atoms with Crippen molar-refractivity contribution in [2.75, 3.05) is 20.6 Å². The molecule has 0 radical (unpaired) electrons. The second-order valence-electron chi connectivity index (χ2n) is 2.67. The first-order chi connectivity index (χ1) is 4.52. The Bertz CT molecular complexity index is 114. The third-order valence-corrected chi connectivity index (χ3v) is 1.15. The highest BCUT2D eigenvalue weighted by Gasteiger charge is 2.01. The second-order valence-corrected chi connectivity index (χ2v) is 3.11. The van der Waals surface area contributed by atoms with Crippen molar-refractivity contribution in [3.8, 4) is 0 Å². The number of nitrogens with two attached hydrogens (primary N) is 1. The van der Waals surface area contributed by atoms with Crippen LogP contribution in [0.25, 0.3) is 0 Å². The molecule has 4 heteroatoms. The van der Waals surface area contributed by atoms with E-state index in [1.54, 1.807) is 0 Å². The molecule has 0 amide bonds.